The second kappa shape index (κ2) is 5.68. The zero-order valence-electron chi connectivity index (χ0n) is 9.67. The Hall–Kier alpha value is -0.550. The summed E-state index contributed by atoms with van der Waals surface area (Å²) in [6, 6.07) is 1.80. The van der Waals surface area contributed by atoms with E-state index in [4.69, 9.17) is 4.74 Å². The van der Waals surface area contributed by atoms with Crippen LogP contribution in [0.3, 0.4) is 0 Å². The van der Waals surface area contributed by atoms with Gasteiger partial charge in [0.2, 0.25) is 0 Å². The van der Waals surface area contributed by atoms with Crippen molar-refractivity contribution in [3.05, 3.63) is 16.3 Å². The van der Waals surface area contributed by atoms with Crippen molar-refractivity contribution in [2.45, 2.75) is 13.8 Å². The number of nitrogens with one attached hydrogen (secondary N) is 1. The minimum Gasteiger partial charge on any atom is -0.495 e. The third-order valence-corrected chi connectivity index (χ3v) is 4.56. The molecule has 5 heteroatoms. The van der Waals surface area contributed by atoms with Gasteiger partial charge < -0.3 is 10.1 Å². The molecule has 0 bridgehead atoms. The van der Waals surface area contributed by atoms with Gasteiger partial charge in [-0.15, -0.1) is 11.3 Å². The van der Waals surface area contributed by atoms with Gasteiger partial charge in [-0.3, -0.25) is 4.79 Å². The number of amides is 1. The summed E-state index contributed by atoms with van der Waals surface area (Å²) in [7, 11) is 1.57. The molecule has 0 unspecified atom stereocenters. The highest BCUT2D eigenvalue weighted by atomic mass is 79.9. The second-order valence-electron chi connectivity index (χ2n) is 4.30. The van der Waals surface area contributed by atoms with Crippen LogP contribution in [0, 0.1) is 5.41 Å². The highest BCUT2D eigenvalue weighted by Gasteiger charge is 2.19. The Morgan fingerprint density at radius 2 is 2.31 bits per heavy atom. The highest BCUT2D eigenvalue weighted by molar-refractivity contribution is 9.09. The first-order valence-electron chi connectivity index (χ1n) is 4.96. The number of hydrogen-bond acceptors (Lipinski definition) is 3. The topological polar surface area (TPSA) is 38.3 Å². The molecule has 90 valence electrons. The normalized spacial score (nSPS) is 11.2. The molecule has 0 fully saturated rings. The van der Waals surface area contributed by atoms with Crippen molar-refractivity contribution >= 4 is 33.2 Å². The van der Waals surface area contributed by atoms with Crippen LogP contribution in [-0.2, 0) is 0 Å². The van der Waals surface area contributed by atoms with Gasteiger partial charge in [0.25, 0.3) is 5.91 Å². The molecule has 1 heterocycles. The van der Waals surface area contributed by atoms with Crippen LogP contribution in [0.5, 0.6) is 5.75 Å². The third kappa shape index (κ3) is 3.49. The number of methoxy groups -OCH3 is 1. The lowest BCUT2D eigenvalue weighted by Gasteiger charge is -2.21. The first-order valence-corrected chi connectivity index (χ1v) is 6.96. The van der Waals surface area contributed by atoms with Gasteiger partial charge in [-0.1, -0.05) is 29.8 Å². The second-order valence-corrected chi connectivity index (χ2v) is 5.78. The van der Waals surface area contributed by atoms with Crippen LogP contribution in [0.15, 0.2) is 11.4 Å². The minimum absolute atomic E-state index is 0.0557. The van der Waals surface area contributed by atoms with Crippen LogP contribution in [0.2, 0.25) is 0 Å². The molecule has 1 N–H and O–H groups in total. The van der Waals surface area contributed by atoms with Crippen LogP contribution in [-0.4, -0.2) is 24.9 Å². The van der Waals surface area contributed by atoms with Crippen molar-refractivity contribution in [1.29, 1.82) is 0 Å². The number of alkyl halides is 1. The molecule has 1 aromatic rings. The van der Waals surface area contributed by atoms with Gasteiger partial charge in [0.05, 0.1) is 7.11 Å². The maximum Gasteiger partial charge on any atom is 0.265 e. The summed E-state index contributed by atoms with van der Waals surface area (Å²) in [5.41, 5.74) is 0.0557. The van der Waals surface area contributed by atoms with Crippen molar-refractivity contribution in [2.75, 3.05) is 19.0 Å². The Morgan fingerprint density at radius 3 is 2.88 bits per heavy atom. The Balaban J connectivity index is 2.60. The number of halogens is 1. The largest absolute Gasteiger partial charge is 0.495 e. The van der Waals surface area contributed by atoms with E-state index in [9.17, 15) is 4.79 Å². The van der Waals surface area contributed by atoms with Crippen molar-refractivity contribution in [1.82, 2.24) is 5.32 Å². The SMILES string of the molecule is COc1ccsc1C(=O)NCC(C)(C)CBr. The number of carbonyl (C=O) groups excluding carboxylic acids is 1. The molecule has 0 aliphatic rings. The van der Waals surface area contributed by atoms with Gasteiger partial charge in [0.15, 0.2) is 0 Å². The number of hydrogen-bond donors (Lipinski definition) is 1. The molecule has 16 heavy (non-hydrogen) atoms. The van der Waals surface area contributed by atoms with Crippen molar-refractivity contribution in [3.63, 3.8) is 0 Å². The predicted molar refractivity (Wildman–Crippen MR) is 70.8 cm³/mol. The zero-order chi connectivity index (χ0) is 12.2. The van der Waals surface area contributed by atoms with E-state index >= 15 is 0 Å². The summed E-state index contributed by atoms with van der Waals surface area (Å²) >= 11 is 4.82. The molecule has 0 saturated heterocycles. The van der Waals surface area contributed by atoms with Gasteiger partial charge in [-0.05, 0) is 16.9 Å². The Bertz CT molecular complexity index is 363. The van der Waals surface area contributed by atoms with E-state index in [1.54, 1.807) is 13.2 Å². The monoisotopic (exact) mass is 305 g/mol. The summed E-state index contributed by atoms with van der Waals surface area (Å²) in [5, 5.41) is 5.61. The molecule has 3 nitrogen and oxygen atoms in total. The summed E-state index contributed by atoms with van der Waals surface area (Å²) < 4.78 is 5.11. The van der Waals surface area contributed by atoms with E-state index in [2.05, 4.69) is 35.1 Å². The lowest BCUT2D eigenvalue weighted by Crippen LogP contribution is -2.34. The molecular weight excluding hydrogens is 290 g/mol. The van der Waals surface area contributed by atoms with Crippen LogP contribution < -0.4 is 10.1 Å². The molecule has 0 aromatic carbocycles. The maximum absolute atomic E-state index is 11.9. The quantitative estimate of drug-likeness (QED) is 0.850. The van der Waals surface area contributed by atoms with Crippen LogP contribution in [0.4, 0.5) is 0 Å². The molecule has 0 aliphatic heterocycles. The number of ether oxygens (including phenoxy) is 1. The van der Waals surface area contributed by atoms with Crippen molar-refractivity contribution in [2.24, 2.45) is 5.41 Å². The van der Waals surface area contributed by atoms with E-state index in [0.717, 1.165) is 5.33 Å². The van der Waals surface area contributed by atoms with Crippen LogP contribution in [0.1, 0.15) is 23.5 Å². The van der Waals surface area contributed by atoms with Gasteiger partial charge >= 0.3 is 0 Å². The standard InChI is InChI=1S/C11H16BrNO2S/c1-11(2,6-12)7-13-10(14)9-8(15-3)4-5-16-9/h4-5H,6-7H2,1-3H3,(H,13,14). The molecular formula is C11H16BrNO2S. The highest BCUT2D eigenvalue weighted by Crippen LogP contribution is 2.24. The molecule has 1 amide bonds. The van der Waals surface area contributed by atoms with E-state index in [-0.39, 0.29) is 11.3 Å². The summed E-state index contributed by atoms with van der Waals surface area (Å²) in [5.74, 6) is 0.569. The average Bonchev–Trinajstić information content (AvgIpc) is 2.74. The van der Waals surface area contributed by atoms with Crippen LogP contribution in [0.25, 0.3) is 0 Å². The van der Waals surface area contributed by atoms with Crippen molar-refractivity contribution in [3.8, 4) is 5.75 Å². The van der Waals surface area contributed by atoms with Crippen molar-refractivity contribution < 1.29 is 9.53 Å². The Labute approximate surface area is 108 Å². The van der Waals surface area contributed by atoms with Crippen LogP contribution >= 0.6 is 27.3 Å². The van der Waals surface area contributed by atoms with Gasteiger partial charge in [-0.25, -0.2) is 0 Å². The third-order valence-electron chi connectivity index (χ3n) is 2.14. The Morgan fingerprint density at radius 1 is 1.62 bits per heavy atom. The molecule has 0 spiro atoms. The van der Waals surface area contributed by atoms with Gasteiger partial charge in [0.1, 0.15) is 10.6 Å². The van der Waals surface area contributed by atoms with E-state index in [1.807, 2.05) is 5.38 Å². The summed E-state index contributed by atoms with van der Waals surface area (Å²) in [6.45, 7) is 4.82. The fourth-order valence-electron chi connectivity index (χ4n) is 1.07. The Kier molecular flexibility index (Phi) is 4.80. The lowest BCUT2D eigenvalue weighted by molar-refractivity contribution is 0.0941. The number of carbonyl (C=O) groups is 1. The van der Waals surface area contributed by atoms with Gasteiger partial charge in [-0.2, -0.15) is 0 Å². The lowest BCUT2D eigenvalue weighted by atomic mass is 9.97. The number of rotatable bonds is 5. The zero-order valence-corrected chi connectivity index (χ0v) is 12.1. The average molecular weight is 306 g/mol. The summed E-state index contributed by atoms with van der Waals surface area (Å²) in [4.78, 5) is 12.5. The van der Waals surface area contributed by atoms with Gasteiger partial charge in [0, 0.05) is 11.9 Å². The molecule has 0 atom stereocenters. The maximum atomic E-state index is 11.9. The molecule has 1 aromatic heterocycles. The first-order chi connectivity index (χ1) is 7.50. The van der Waals surface area contributed by atoms with E-state index < -0.39 is 0 Å². The van der Waals surface area contributed by atoms with E-state index in [0.29, 0.717) is 17.2 Å². The first kappa shape index (κ1) is 13.5. The fraction of sp³-hybridized carbons (Fsp3) is 0.545. The fourth-order valence-corrected chi connectivity index (χ4v) is 2.04. The molecule has 0 radical (unpaired) electrons. The molecule has 0 aliphatic carbocycles. The molecule has 0 saturated carbocycles. The predicted octanol–water partition coefficient (Wildman–Crippen LogP) is 2.91. The smallest absolute Gasteiger partial charge is 0.265 e. The minimum atomic E-state index is -0.0686. The molecule has 1 rings (SSSR count). The summed E-state index contributed by atoms with van der Waals surface area (Å²) in [6.07, 6.45) is 0. The van der Waals surface area contributed by atoms with E-state index in [1.165, 1.54) is 11.3 Å². The number of thiophene rings is 1.